The number of carboxylic acid groups (broad SMARTS) is 1. The van der Waals surface area contributed by atoms with E-state index in [9.17, 15) is 22.8 Å². The van der Waals surface area contributed by atoms with Crippen molar-refractivity contribution in [3.8, 4) is 0 Å². The lowest BCUT2D eigenvalue weighted by Gasteiger charge is -2.37. The van der Waals surface area contributed by atoms with Crippen molar-refractivity contribution in [2.45, 2.75) is 25.9 Å². The Bertz CT molecular complexity index is 1060. The molecule has 0 bridgehead atoms. The smallest absolute Gasteiger partial charge is 0.475 e. The second-order valence-corrected chi connectivity index (χ2v) is 8.56. The Morgan fingerprint density at radius 1 is 1.14 bits per heavy atom. The highest BCUT2D eigenvalue weighted by Gasteiger charge is 2.52. The van der Waals surface area contributed by atoms with Gasteiger partial charge in [0.2, 0.25) is 5.91 Å². The molecule has 2 aromatic rings. The topological polar surface area (TPSA) is 109 Å². The van der Waals surface area contributed by atoms with Gasteiger partial charge in [-0.25, -0.2) is 4.79 Å². The Balaban J connectivity index is 0.000000429. The summed E-state index contributed by atoms with van der Waals surface area (Å²) in [6, 6.07) is 11.2. The van der Waals surface area contributed by atoms with Crippen molar-refractivity contribution in [3.63, 3.8) is 0 Å². The number of halogens is 3. The number of ether oxygens (including phenoxy) is 1. The number of carboxylic acids is 1. The average molecular weight is 493 g/mol. The largest absolute Gasteiger partial charge is 0.490 e. The molecule has 0 radical (unpaired) electrons. The molecule has 3 heterocycles. The van der Waals surface area contributed by atoms with E-state index in [1.807, 2.05) is 42.2 Å². The van der Waals surface area contributed by atoms with E-state index in [1.165, 1.54) is 0 Å². The van der Waals surface area contributed by atoms with Crippen molar-refractivity contribution in [2.75, 3.05) is 31.6 Å². The molecule has 0 saturated carbocycles. The molecule has 2 aliphatic heterocycles. The summed E-state index contributed by atoms with van der Waals surface area (Å²) < 4.78 is 37.3. The molecule has 0 aliphatic carbocycles. The van der Waals surface area contributed by atoms with E-state index in [1.54, 1.807) is 18.5 Å². The number of alkyl halides is 3. The summed E-state index contributed by atoms with van der Waals surface area (Å²) in [5.41, 5.74) is 2.11. The highest BCUT2D eigenvalue weighted by atomic mass is 19.4. The number of hydrogen-bond donors (Lipinski definition) is 2. The van der Waals surface area contributed by atoms with Crippen LogP contribution in [0.4, 0.5) is 18.9 Å². The summed E-state index contributed by atoms with van der Waals surface area (Å²) in [6.07, 6.45) is -0.196. The highest BCUT2D eigenvalue weighted by Crippen LogP contribution is 2.45. The summed E-state index contributed by atoms with van der Waals surface area (Å²) >= 11 is 0. The summed E-state index contributed by atoms with van der Waals surface area (Å²) in [6.45, 7) is 4.22. The Hall–Kier alpha value is -3.47. The molecule has 2 N–H and O–H groups in total. The van der Waals surface area contributed by atoms with Crippen LogP contribution in [0.15, 0.2) is 48.8 Å². The van der Waals surface area contributed by atoms with Crippen molar-refractivity contribution < 1.29 is 37.4 Å². The number of amides is 2. The van der Waals surface area contributed by atoms with Gasteiger partial charge in [-0.3, -0.25) is 14.6 Å². The number of carbonyl (C=O) groups excluding carboxylic acids is 2. The minimum atomic E-state index is -5.08. The fourth-order valence-corrected chi connectivity index (χ4v) is 4.42. The zero-order chi connectivity index (χ0) is 25.6. The number of nitrogens with zero attached hydrogens (tertiary/aromatic N) is 2. The molecule has 1 aromatic heterocycles. The molecular formula is C24H26F3N3O5. The first-order valence-electron chi connectivity index (χ1n) is 11.0. The fraction of sp³-hybridized carbons (Fsp3) is 0.417. The molecule has 2 aliphatic rings. The lowest BCUT2D eigenvalue weighted by molar-refractivity contribution is -0.192. The molecule has 8 nitrogen and oxygen atoms in total. The molecule has 1 unspecified atom stereocenters. The lowest BCUT2D eigenvalue weighted by Crippen LogP contribution is -2.42. The van der Waals surface area contributed by atoms with Gasteiger partial charge in [-0.05, 0) is 43.5 Å². The summed E-state index contributed by atoms with van der Waals surface area (Å²) in [4.78, 5) is 41.1. The Kier molecular flexibility index (Phi) is 8.11. The molecule has 11 heteroatoms. The van der Waals surface area contributed by atoms with Crippen molar-refractivity contribution in [1.82, 2.24) is 9.88 Å². The molecular weight excluding hydrogens is 467 g/mol. The number of nitrogens with one attached hydrogen (secondary N) is 1. The number of anilines is 1. The average Bonchev–Trinajstić information content (AvgIpc) is 3.18. The molecule has 4 rings (SSSR count). The quantitative estimate of drug-likeness (QED) is 0.677. The van der Waals surface area contributed by atoms with Crippen LogP contribution >= 0.6 is 0 Å². The fourth-order valence-electron chi connectivity index (χ4n) is 4.42. The first-order valence-corrected chi connectivity index (χ1v) is 11.0. The van der Waals surface area contributed by atoms with E-state index >= 15 is 0 Å². The third-order valence-corrected chi connectivity index (χ3v) is 6.29. The zero-order valence-corrected chi connectivity index (χ0v) is 19.0. The predicted octanol–water partition coefficient (Wildman–Crippen LogP) is 3.53. The number of aryl methyl sites for hydroxylation is 1. The van der Waals surface area contributed by atoms with Crippen molar-refractivity contribution in [3.05, 3.63) is 59.9 Å². The van der Waals surface area contributed by atoms with Crippen LogP contribution in [-0.4, -0.2) is 65.3 Å². The molecule has 2 saturated heterocycles. The molecule has 2 amide bonds. The van der Waals surface area contributed by atoms with E-state index in [0.717, 1.165) is 18.4 Å². The second-order valence-electron chi connectivity index (χ2n) is 8.56. The third-order valence-electron chi connectivity index (χ3n) is 6.29. The monoisotopic (exact) mass is 493 g/mol. The Morgan fingerprint density at radius 3 is 2.37 bits per heavy atom. The predicted molar refractivity (Wildman–Crippen MR) is 120 cm³/mol. The van der Waals surface area contributed by atoms with Crippen LogP contribution in [0.1, 0.15) is 28.8 Å². The second kappa shape index (κ2) is 10.9. The van der Waals surface area contributed by atoms with Crippen LogP contribution in [0.3, 0.4) is 0 Å². The van der Waals surface area contributed by atoms with Gasteiger partial charge in [0.15, 0.2) is 0 Å². The van der Waals surface area contributed by atoms with E-state index < -0.39 is 12.1 Å². The number of pyridine rings is 1. The number of aliphatic carboxylic acids is 1. The number of aromatic nitrogens is 1. The molecule has 1 aromatic carbocycles. The number of benzene rings is 1. The van der Waals surface area contributed by atoms with Gasteiger partial charge < -0.3 is 20.1 Å². The normalized spacial score (nSPS) is 19.0. The Labute approximate surface area is 200 Å². The molecule has 1 spiro atoms. The number of rotatable bonds is 3. The molecule has 188 valence electrons. The minimum Gasteiger partial charge on any atom is -0.475 e. The summed E-state index contributed by atoms with van der Waals surface area (Å²) in [5, 5.41) is 10.1. The first kappa shape index (κ1) is 26.1. The molecule has 1 atom stereocenters. The van der Waals surface area contributed by atoms with E-state index in [-0.39, 0.29) is 23.1 Å². The number of likely N-dealkylation sites (tertiary alicyclic amines) is 1. The minimum absolute atomic E-state index is 0.000597. The standard InChI is InChI=1S/C22H25N3O3.C2HF3O2/c1-16-5-2-3-7-18(16)21(27)25-14-19(22(15-25)8-11-28-12-9-22)20(26)24-17-6-4-10-23-13-17;3-2(4,5)1(6)7/h2-7,10,13,19H,8-9,11-12,14-15H2,1H3,(H,24,26);(H,6,7). The third kappa shape index (κ3) is 6.36. The van der Waals surface area contributed by atoms with Crippen molar-refractivity contribution >= 4 is 23.5 Å². The van der Waals surface area contributed by atoms with Crippen LogP contribution < -0.4 is 5.32 Å². The van der Waals surface area contributed by atoms with E-state index in [4.69, 9.17) is 14.6 Å². The number of carbonyl (C=O) groups is 3. The maximum atomic E-state index is 13.2. The molecule has 2 fully saturated rings. The maximum absolute atomic E-state index is 13.2. The van der Waals surface area contributed by atoms with E-state index in [0.29, 0.717) is 37.6 Å². The van der Waals surface area contributed by atoms with Gasteiger partial charge in [-0.15, -0.1) is 0 Å². The van der Waals surface area contributed by atoms with Crippen LogP contribution in [0.25, 0.3) is 0 Å². The van der Waals surface area contributed by atoms with Crippen molar-refractivity contribution in [2.24, 2.45) is 11.3 Å². The summed E-state index contributed by atoms with van der Waals surface area (Å²) in [5.74, 6) is -3.06. The zero-order valence-electron chi connectivity index (χ0n) is 19.0. The van der Waals surface area contributed by atoms with Crippen LogP contribution in [0.5, 0.6) is 0 Å². The first-order chi connectivity index (χ1) is 16.5. The van der Waals surface area contributed by atoms with Crippen LogP contribution in [0.2, 0.25) is 0 Å². The van der Waals surface area contributed by atoms with Gasteiger partial charge in [0.05, 0.1) is 17.8 Å². The van der Waals surface area contributed by atoms with Gasteiger partial charge in [-0.2, -0.15) is 13.2 Å². The van der Waals surface area contributed by atoms with Gasteiger partial charge >= 0.3 is 12.1 Å². The SMILES string of the molecule is Cc1ccccc1C(=O)N1CC(C(=O)Nc2cccnc2)C2(CCOCC2)C1.O=C(O)C(F)(F)F. The maximum Gasteiger partial charge on any atom is 0.490 e. The van der Waals surface area contributed by atoms with E-state index in [2.05, 4.69) is 10.3 Å². The van der Waals surface area contributed by atoms with Crippen molar-refractivity contribution in [1.29, 1.82) is 0 Å². The lowest BCUT2D eigenvalue weighted by atomic mass is 9.71. The van der Waals surface area contributed by atoms with Gasteiger partial charge in [0.25, 0.3) is 5.91 Å². The molecule has 35 heavy (non-hydrogen) atoms. The van der Waals surface area contributed by atoms with Crippen LogP contribution in [-0.2, 0) is 14.3 Å². The van der Waals surface area contributed by atoms with Gasteiger partial charge in [0.1, 0.15) is 0 Å². The highest BCUT2D eigenvalue weighted by molar-refractivity contribution is 5.98. The summed E-state index contributed by atoms with van der Waals surface area (Å²) in [7, 11) is 0. The van der Waals surface area contributed by atoms with Gasteiger partial charge in [-0.1, -0.05) is 18.2 Å². The number of hydrogen-bond acceptors (Lipinski definition) is 5. The van der Waals surface area contributed by atoms with Crippen LogP contribution in [0, 0.1) is 18.3 Å². The Morgan fingerprint density at radius 2 is 1.80 bits per heavy atom. The van der Waals surface area contributed by atoms with Gasteiger partial charge in [0, 0.05) is 43.5 Å².